The molecule has 0 fully saturated rings. The van der Waals surface area contributed by atoms with Gasteiger partial charge < -0.3 is 10.4 Å². The molecule has 1 aromatic rings. The molecule has 0 aliphatic rings. The van der Waals surface area contributed by atoms with Crippen molar-refractivity contribution in [3.05, 3.63) is 33.0 Å². The highest BCUT2D eigenvalue weighted by molar-refractivity contribution is 7.20. The van der Waals surface area contributed by atoms with Crippen LogP contribution in [-0.2, 0) is 4.79 Å². The Morgan fingerprint density at radius 3 is 2.67 bits per heavy atom. The van der Waals surface area contributed by atoms with Gasteiger partial charge in [-0.25, -0.2) is 4.79 Å². The number of aliphatic carboxylic acids is 1. The lowest BCUT2D eigenvalue weighted by atomic mass is 10.1. The lowest BCUT2D eigenvalue weighted by Crippen LogP contribution is -2.40. The average molecular weight is 308 g/mol. The first-order chi connectivity index (χ1) is 8.45. The third-order valence-electron chi connectivity index (χ3n) is 2.16. The summed E-state index contributed by atoms with van der Waals surface area (Å²) in [6.45, 7) is 3.50. The number of carbonyl (C=O) groups excluding carboxylic acids is 1. The molecule has 1 atom stereocenters. The van der Waals surface area contributed by atoms with Crippen molar-refractivity contribution in [3.63, 3.8) is 0 Å². The average Bonchev–Trinajstić information content (AvgIpc) is 2.63. The summed E-state index contributed by atoms with van der Waals surface area (Å²) in [5.74, 6) is -1.64. The zero-order valence-electron chi connectivity index (χ0n) is 9.28. The van der Waals surface area contributed by atoms with Crippen LogP contribution in [0.15, 0.2) is 18.7 Å². The molecule has 4 nitrogen and oxygen atoms in total. The lowest BCUT2D eigenvalue weighted by molar-refractivity contribution is -0.139. The van der Waals surface area contributed by atoms with Gasteiger partial charge in [0.25, 0.3) is 5.91 Å². The van der Waals surface area contributed by atoms with Crippen LogP contribution in [0, 0.1) is 0 Å². The molecule has 1 aromatic heterocycles. The molecule has 98 valence electrons. The quantitative estimate of drug-likeness (QED) is 0.793. The Balaban J connectivity index is 2.75. The molecule has 1 amide bonds. The molecule has 0 spiro atoms. The van der Waals surface area contributed by atoms with Crippen LogP contribution in [0.25, 0.3) is 0 Å². The third-order valence-corrected chi connectivity index (χ3v) is 3.65. The highest BCUT2D eigenvalue weighted by atomic mass is 35.5. The van der Waals surface area contributed by atoms with E-state index in [-0.39, 0.29) is 16.3 Å². The van der Waals surface area contributed by atoms with Crippen molar-refractivity contribution in [2.24, 2.45) is 0 Å². The van der Waals surface area contributed by atoms with Crippen molar-refractivity contribution in [1.29, 1.82) is 0 Å². The minimum absolute atomic E-state index is 0.191. The van der Waals surface area contributed by atoms with E-state index < -0.39 is 17.9 Å². The molecule has 1 heterocycles. The minimum Gasteiger partial charge on any atom is -0.480 e. The molecule has 1 rings (SSSR count). The second-order valence-electron chi connectivity index (χ2n) is 3.47. The van der Waals surface area contributed by atoms with Gasteiger partial charge in [-0.05, 0) is 18.9 Å². The molecule has 0 radical (unpaired) electrons. The maximum absolute atomic E-state index is 11.8. The number of carboxylic acids is 1. The molecule has 0 saturated carbocycles. The van der Waals surface area contributed by atoms with E-state index in [1.807, 2.05) is 0 Å². The Morgan fingerprint density at radius 1 is 1.56 bits per heavy atom. The van der Waals surface area contributed by atoms with Crippen molar-refractivity contribution in [1.82, 2.24) is 5.32 Å². The van der Waals surface area contributed by atoms with Crippen molar-refractivity contribution < 1.29 is 14.7 Å². The third kappa shape index (κ3) is 4.01. The monoisotopic (exact) mass is 307 g/mol. The second-order valence-corrected chi connectivity index (χ2v) is 5.75. The van der Waals surface area contributed by atoms with Gasteiger partial charge >= 0.3 is 5.97 Å². The SMILES string of the molecule is C=CCCC(NC(=O)c1cc(Cl)sc1Cl)C(=O)O. The first-order valence-electron chi connectivity index (χ1n) is 5.05. The van der Waals surface area contributed by atoms with E-state index in [0.717, 1.165) is 11.3 Å². The van der Waals surface area contributed by atoms with Crippen molar-refractivity contribution in [2.45, 2.75) is 18.9 Å². The maximum Gasteiger partial charge on any atom is 0.326 e. The number of hydrogen-bond acceptors (Lipinski definition) is 3. The van der Waals surface area contributed by atoms with Gasteiger partial charge in [-0.2, -0.15) is 0 Å². The van der Waals surface area contributed by atoms with Crippen molar-refractivity contribution in [2.75, 3.05) is 0 Å². The van der Waals surface area contributed by atoms with Gasteiger partial charge in [-0.1, -0.05) is 29.3 Å². The van der Waals surface area contributed by atoms with Crippen LogP contribution < -0.4 is 5.32 Å². The van der Waals surface area contributed by atoms with Crippen LogP contribution in [0.2, 0.25) is 8.67 Å². The summed E-state index contributed by atoms with van der Waals surface area (Å²) < 4.78 is 0.619. The van der Waals surface area contributed by atoms with Crippen LogP contribution >= 0.6 is 34.5 Å². The predicted molar refractivity (Wildman–Crippen MR) is 72.7 cm³/mol. The fraction of sp³-hybridized carbons (Fsp3) is 0.273. The topological polar surface area (TPSA) is 66.4 Å². The van der Waals surface area contributed by atoms with Gasteiger partial charge in [-0.15, -0.1) is 17.9 Å². The Labute approximate surface area is 118 Å². The van der Waals surface area contributed by atoms with E-state index in [0.29, 0.717) is 10.8 Å². The first kappa shape index (κ1) is 15.0. The molecule has 0 aliphatic carbocycles. The molecule has 18 heavy (non-hydrogen) atoms. The Morgan fingerprint density at radius 2 is 2.22 bits per heavy atom. The van der Waals surface area contributed by atoms with Crippen molar-refractivity contribution in [3.8, 4) is 0 Å². The predicted octanol–water partition coefficient (Wildman–Crippen LogP) is 3.20. The lowest BCUT2D eigenvalue weighted by Gasteiger charge is -2.13. The summed E-state index contributed by atoms with van der Waals surface area (Å²) in [6.07, 6.45) is 2.37. The van der Waals surface area contributed by atoms with Gasteiger partial charge in [0.15, 0.2) is 0 Å². The maximum atomic E-state index is 11.8. The summed E-state index contributed by atoms with van der Waals surface area (Å²) >= 11 is 12.6. The standard InChI is InChI=1S/C11H11Cl2NO3S/c1-2-3-4-7(11(16)17)14-10(15)6-5-8(12)18-9(6)13/h2,5,7H,1,3-4H2,(H,14,15)(H,16,17). The van der Waals surface area contributed by atoms with Gasteiger partial charge in [0.2, 0.25) is 0 Å². The van der Waals surface area contributed by atoms with E-state index in [1.165, 1.54) is 6.07 Å². The Kier molecular flexibility index (Phi) is 5.65. The minimum atomic E-state index is -1.09. The summed E-state index contributed by atoms with van der Waals surface area (Å²) in [5, 5.41) is 11.4. The highest BCUT2D eigenvalue weighted by Crippen LogP contribution is 2.31. The normalized spacial score (nSPS) is 11.9. The largest absolute Gasteiger partial charge is 0.480 e. The van der Waals surface area contributed by atoms with Crippen molar-refractivity contribution >= 4 is 46.4 Å². The van der Waals surface area contributed by atoms with Gasteiger partial charge in [0, 0.05) is 0 Å². The van der Waals surface area contributed by atoms with Gasteiger partial charge in [-0.3, -0.25) is 4.79 Å². The zero-order valence-corrected chi connectivity index (χ0v) is 11.6. The highest BCUT2D eigenvalue weighted by Gasteiger charge is 2.22. The zero-order chi connectivity index (χ0) is 13.7. The fourth-order valence-corrected chi connectivity index (χ4v) is 2.73. The second kappa shape index (κ2) is 6.78. The number of rotatable bonds is 6. The fourth-order valence-electron chi connectivity index (χ4n) is 1.27. The number of amides is 1. The molecular formula is C11H11Cl2NO3S. The number of thiophene rings is 1. The molecule has 1 unspecified atom stereocenters. The van der Waals surface area contributed by atoms with Crippen LogP contribution in [-0.4, -0.2) is 23.0 Å². The van der Waals surface area contributed by atoms with E-state index in [2.05, 4.69) is 11.9 Å². The van der Waals surface area contributed by atoms with E-state index in [1.54, 1.807) is 6.08 Å². The smallest absolute Gasteiger partial charge is 0.326 e. The number of carboxylic acid groups (broad SMARTS) is 1. The van der Waals surface area contributed by atoms with Gasteiger partial charge in [0.05, 0.1) is 9.90 Å². The molecule has 0 aromatic carbocycles. The van der Waals surface area contributed by atoms with Gasteiger partial charge in [0.1, 0.15) is 10.4 Å². The number of nitrogens with one attached hydrogen (secondary N) is 1. The van der Waals surface area contributed by atoms with E-state index in [4.69, 9.17) is 28.3 Å². The molecule has 0 saturated heterocycles. The summed E-state index contributed by atoms with van der Waals surface area (Å²) in [5.41, 5.74) is 0.191. The van der Waals surface area contributed by atoms with E-state index >= 15 is 0 Å². The summed E-state index contributed by atoms with van der Waals surface area (Å²) in [6, 6.07) is 0.446. The molecule has 7 heteroatoms. The molecular weight excluding hydrogens is 297 g/mol. The number of halogens is 2. The van der Waals surface area contributed by atoms with Crippen LogP contribution in [0.1, 0.15) is 23.2 Å². The molecule has 0 bridgehead atoms. The summed E-state index contributed by atoms with van der Waals surface area (Å²) in [4.78, 5) is 22.8. The molecule has 2 N–H and O–H groups in total. The first-order valence-corrected chi connectivity index (χ1v) is 6.62. The molecule has 0 aliphatic heterocycles. The number of hydrogen-bond donors (Lipinski definition) is 2. The van der Waals surface area contributed by atoms with E-state index in [9.17, 15) is 9.59 Å². The van der Waals surface area contributed by atoms with Crippen LogP contribution in [0.5, 0.6) is 0 Å². The Bertz CT molecular complexity index is 473. The Hall–Kier alpha value is -1.04. The van der Waals surface area contributed by atoms with Crippen LogP contribution in [0.3, 0.4) is 0 Å². The number of allylic oxidation sites excluding steroid dienone is 1. The number of carbonyl (C=O) groups is 2. The van der Waals surface area contributed by atoms with Crippen LogP contribution in [0.4, 0.5) is 0 Å². The summed E-state index contributed by atoms with van der Waals surface area (Å²) in [7, 11) is 0.